The Balaban J connectivity index is 1.98. The Morgan fingerprint density at radius 1 is 0.953 bits per heavy atom. The monoisotopic (exact) mass is 618 g/mol. The molecule has 43 heavy (non-hydrogen) atoms. The van der Waals surface area contributed by atoms with Gasteiger partial charge in [-0.05, 0) is 66.1 Å². The number of amides is 1. The molecule has 0 heterocycles. The van der Waals surface area contributed by atoms with Gasteiger partial charge in [-0.2, -0.15) is 17.5 Å². The van der Waals surface area contributed by atoms with Gasteiger partial charge in [0, 0.05) is 25.1 Å². The van der Waals surface area contributed by atoms with Crippen molar-refractivity contribution in [2.24, 2.45) is 0 Å². The van der Waals surface area contributed by atoms with Crippen LogP contribution in [-0.2, 0) is 27.8 Å². The van der Waals surface area contributed by atoms with Crippen LogP contribution in [0.5, 0.6) is 0 Å². The summed E-state index contributed by atoms with van der Waals surface area (Å²) in [5.74, 6) is -2.37. The number of sulfonamides is 1. The van der Waals surface area contributed by atoms with Gasteiger partial charge in [0.15, 0.2) is 0 Å². The molecule has 0 spiro atoms. The van der Waals surface area contributed by atoms with Crippen LogP contribution in [0.2, 0.25) is 0 Å². The van der Waals surface area contributed by atoms with Gasteiger partial charge >= 0.3 is 12.1 Å². The average Bonchev–Trinajstić information content (AvgIpc) is 2.94. The molecule has 0 fully saturated rings. The third-order valence-electron chi connectivity index (χ3n) is 7.05. The molecule has 3 aromatic rings. The third kappa shape index (κ3) is 10.2. The first-order valence-corrected chi connectivity index (χ1v) is 15.7. The Morgan fingerprint density at radius 2 is 1.63 bits per heavy atom. The lowest BCUT2D eigenvalue weighted by atomic mass is 9.93. The van der Waals surface area contributed by atoms with Gasteiger partial charge in [0.25, 0.3) is 5.91 Å². The molecule has 0 saturated carbocycles. The van der Waals surface area contributed by atoms with Crippen molar-refractivity contribution in [3.63, 3.8) is 0 Å². The molecule has 3 aromatic carbocycles. The van der Waals surface area contributed by atoms with Gasteiger partial charge in [-0.15, -0.1) is 0 Å². The van der Waals surface area contributed by atoms with Crippen LogP contribution in [0, 0.1) is 6.92 Å². The van der Waals surface area contributed by atoms with Crippen molar-refractivity contribution in [2.75, 3.05) is 12.3 Å². The quantitative estimate of drug-likeness (QED) is 0.206. The summed E-state index contributed by atoms with van der Waals surface area (Å²) < 4.78 is 66.2. The fraction of sp³-hybridized carbons (Fsp3) is 0.375. The van der Waals surface area contributed by atoms with Crippen molar-refractivity contribution in [3.05, 3.63) is 95.1 Å². The van der Waals surface area contributed by atoms with Crippen molar-refractivity contribution in [3.8, 4) is 11.1 Å². The Labute approximate surface area is 250 Å². The van der Waals surface area contributed by atoms with E-state index in [1.807, 2.05) is 62.4 Å². The highest BCUT2D eigenvalue weighted by Crippen LogP contribution is 2.30. The summed E-state index contributed by atoms with van der Waals surface area (Å²) in [5.41, 5.74) is 3.69. The Bertz CT molecular complexity index is 1490. The predicted octanol–water partition coefficient (Wildman–Crippen LogP) is 6.36. The fourth-order valence-corrected chi connectivity index (χ4v) is 6.25. The van der Waals surface area contributed by atoms with Gasteiger partial charge in [0.2, 0.25) is 10.0 Å². The number of carboxylic acids is 1. The molecule has 2 N–H and O–H groups in total. The number of nitrogens with zero attached hydrogens (tertiary/aromatic N) is 1. The van der Waals surface area contributed by atoms with E-state index in [1.165, 1.54) is 10.4 Å². The molecule has 0 radical (unpaired) electrons. The summed E-state index contributed by atoms with van der Waals surface area (Å²) in [7, 11) is -4.07. The van der Waals surface area contributed by atoms with Crippen LogP contribution in [0.3, 0.4) is 0 Å². The van der Waals surface area contributed by atoms with Crippen molar-refractivity contribution >= 4 is 21.9 Å². The Kier molecular flexibility index (Phi) is 11.9. The molecule has 1 atom stereocenters. The second kappa shape index (κ2) is 15.2. The lowest BCUT2D eigenvalue weighted by Crippen LogP contribution is -2.40. The molecule has 232 valence electrons. The van der Waals surface area contributed by atoms with E-state index in [-0.39, 0.29) is 25.1 Å². The van der Waals surface area contributed by atoms with Gasteiger partial charge in [0.1, 0.15) is 6.04 Å². The minimum Gasteiger partial charge on any atom is -0.480 e. The van der Waals surface area contributed by atoms with Gasteiger partial charge < -0.3 is 10.4 Å². The number of halogens is 3. The van der Waals surface area contributed by atoms with Crippen LogP contribution in [0.25, 0.3) is 11.1 Å². The van der Waals surface area contributed by atoms with E-state index in [0.717, 1.165) is 11.1 Å². The molecule has 0 aliphatic heterocycles. The van der Waals surface area contributed by atoms with Crippen LogP contribution in [-0.4, -0.2) is 54.2 Å². The van der Waals surface area contributed by atoms with E-state index in [2.05, 4.69) is 5.32 Å². The smallest absolute Gasteiger partial charge is 0.389 e. The largest absolute Gasteiger partial charge is 0.480 e. The summed E-state index contributed by atoms with van der Waals surface area (Å²) in [6.07, 6.45) is -5.05. The summed E-state index contributed by atoms with van der Waals surface area (Å²) in [6, 6.07) is 20.2. The SMILES string of the molecule is CCC[C@H](NC(=O)c1ccc(CN(CCc2ccccc2)S(=O)(=O)CCCC(F)(F)F)cc1-c1ccccc1C)C(=O)O. The second-order valence-electron chi connectivity index (χ2n) is 10.5. The minimum atomic E-state index is -4.46. The van der Waals surface area contributed by atoms with Crippen LogP contribution in [0.4, 0.5) is 13.2 Å². The first-order chi connectivity index (χ1) is 20.3. The zero-order valence-electron chi connectivity index (χ0n) is 24.2. The molecule has 0 saturated heterocycles. The van der Waals surface area contributed by atoms with E-state index < -0.39 is 52.7 Å². The summed E-state index contributed by atoms with van der Waals surface area (Å²) in [6.45, 7) is 3.61. The van der Waals surface area contributed by atoms with Gasteiger partial charge in [-0.25, -0.2) is 13.2 Å². The normalized spacial score (nSPS) is 12.7. The van der Waals surface area contributed by atoms with Crippen molar-refractivity contribution in [1.82, 2.24) is 9.62 Å². The zero-order valence-corrected chi connectivity index (χ0v) is 25.0. The first kappa shape index (κ1) is 33.8. The van der Waals surface area contributed by atoms with Crippen LogP contribution >= 0.6 is 0 Å². The number of carboxylic acid groups (broad SMARTS) is 1. The summed E-state index contributed by atoms with van der Waals surface area (Å²) >= 11 is 0. The molecular weight excluding hydrogens is 581 g/mol. The number of hydrogen-bond acceptors (Lipinski definition) is 4. The van der Waals surface area contributed by atoms with Gasteiger partial charge in [-0.3, -0.25) is 4.79 Å². The van der Waals surface area contributed by atoms with E-state index >= 15 is 0 Å². The lowest BCUT2D eigenvalue weighted by molar-refractivity contribution is -0.139. The van der Waals surface area contributed by atoms with Crippen LogP contribution in [0.15, 0.2) is 72.8 Å². The maximum absolute atomic E-state index is 13.3. The Morgan fingerprint density at radius 3 is 2.26 bits per heavy atom. The van der Waals surface area contributed by atoms with E-state index in [4.69, 9.17) is 0 Å². The molecule has 11 heteroatoms. The number of rotatable bonds is 15. The zero-order chi connectivity index (χ0) is 31.6. The molecular formula is C32H37F3N2O5S. The third-order valence-corrected chi connectivity index (χ3v) is 8.96. The Hall–Kier alpha value is -3.70. The van der Waals surface area contributed by atoms with E-state index in [0.29, 0.717) is 29.5 Å². The van der Waals surface area contributed by atoms with Crippen LogP contribution in [0.1, 0.15) is 59.7 Å². The van der Waals surface area contributed by atoms with Gasteiger partial charge in [-0.1, -0.05) is 74.0 Å². The molecule has 7 nitrogen and oxygen atoms in total. The molecule has 0 aliphatic carbocycles. The fourth-order valence-electron chi connectivity index (χ4n) is 4.77. The second-order valence-corrected chi connectivity index (χ2v) is 12.5. The number of carbonyl (C=O) groups is 2. The number of aliphatic carboxylic acids is 1. The molecule has 3 rings (SSSR count). The number of nitrogens with one attached hydrogen (secondary N) is 1. The maximum atomic E-state index is 13.3. The molecule has 0 bridgehead atoms. The predicted molar refractivity (Wildman–Crippen MR) is 160 cm³/mol. The number of benzene rings is 3. The highest BCUT2D eigenvalue weighted by Gasteiger charge is 2.30. The topological polar surface area (TPSA) is 104 Å². The molecule has 0 aromatic heterocycles. The average molecular weight is 619 g/mol. The van der Waals surface area contributed by atoms with Gasteiger partial charge in [0.05, 0.1) is 5.75 Å². The van der Waals surface area contributed by atoms with Crippen molar-refractivity contribution in [2.45, 2.75) is 64.7 Å². The lowest BCUT2D eigenvalue weighted by Gasteiger charge is -2.24. The number of aryl methyl sites for hydroxylation is 1. The molecule has 0 unspecified atom stereocenters. The summed E-state index contributed by atoms with van der Waals surface area (Å²) in [4.78, 5) is 25.0. The maximum Gasteiger partial charge on any atom is 0.389 e. The van der Waals surface area contributed by atoms with Crippen LogP contribution < -0.4 is 5.32 Å². The van der Waals surface area contributed by atoms with Crippen molar-refractivity contribution < 1.29 is 36.3 Å². The van der Waals surface area contributed by atoms with E-state index in [9.17, 15) is 36.3 Å². The molecule has 1 amide bonds. The number of hydrogen-bond donors (Lipinski definition) is 2. The molecule has 0 aliphatic rings. The van der Waals surface area contributed by atoms with Crippen molar-refractivity contribution in [1.29, 1.82) is 0 Å². The standard InChI is InChI=1S/C32H37F3N2O5S/c1-3-10-29(31(39)40)36-30(38)27-16-15-25(21-28(27)26-14-8-7-11-23(26)2)22-37(19-17-24-12-5-4-6-13-24)43(41,42)20-9-18-32(33,34)35/h4-8,11-16,21,29H,3,9-10,17-20,22H2,1-2H3,(H,36,38)(H,39,40)/t29-/m0/s1. The first-order valence-electron chi connectivity index (χ1n) is 14.1. The highest BCUT2D eigenvalue weighted by molar-refractivity contribution is 7.89. The highest BCUT2D eigenvalue weighted by atomic mass is 32.2. The van der Waals surface area contributed by atoms with E-state index in [1.54, 1.807) is 18.2 Å². The summed E-state index contributed by atoms with van der Waals surface area (Å²) in [5, 5.41) is 12.1. The number of alkyl halides is 3. The number of carbonyl (C=O) groups excluding carboxylic acids is 1. The minimum absolute atomic E-state index is 0.0532.